The molecule has 5 aromatic carbocycles. The van der Waals surface area contributed by atoms with Gasteiger partial charge in [0.2, 0.25) is 0 Å². The van der Waals surface area contributed by atoms with Crippen molar-refractivity contribution in [1.29, 1.82) is 0 Å². The van der Waals surface area contributed by atoms with Gasteiger partial charge in [-0.3, -0.25) is 0 Å². The van der Waals surface area contributed by atoms with Crippen LogP contribution in [-0.4, -0.2) is 39.7 Å². The topological polar surface area (TPSA) is 55.9 Å². The van der Waals surface area contributed by atoms with Crippen LogP contribution in [0.25, 0.3) is 22.3 Å². The number of nitrogens with zero attached hydrogens (tertiary/aromatic N) is 6. The number of benzene rings is 5. The summed E-state index contributed by atoms with van der Waals surface area (Å²) in [6, 6.07) is 46.8. The van der Waals surface area contributed by atoms with Crippen molar-refractivity contribution < 1.29 is 33.5 Å². The SMILES string of the molecule is CN1[CH-]N(Cc2ccccc2)C2=C1C1=NC2=C(c2ccc(C(C)(C)C)cc2)C2=NC(=C(c3ccc(C(C)(C)C)cc3)C3=NC(=C(c4ccc(C(C)(C)C)cc4)C4=NC(=C1c1ccc(C(C)(C)C)cc1)C=C4)C=C3)C=C2.[Br-].[Ni+2]. The van der Waals surface area contributed by atoms with Gasteiger partial charge in [0.05, 0.1) is 57.0 Å². The van der Waals surface area contributed by atoms with Crippen LogP contribution >= 0.6 is 0 Å². The fourth-order valence-electron chi connectivity index (χ4n) is 10.8. The predicted molar refractivity (Wildman–Crippen MR) is 316 cm³/mol. The minimum Gasteiger partial charge on any atom is -1.00 e. The molecule has 11 rings (SSSR count). The third-order valence-electron chi connectivity index (χ3n) is 15.1. The maximum atomic E-state index is 5.98. The first kappa shape index (κ1) is 55.0. The molecule has 6 heterocycles. The van der Waals surface area contributed by atoms with Gasteiger partial charge in [-0.05, 0) is 115 Å². The smallest absolute Gasteiger partial charge is 1.00 e. The van der Waals surface area contributed by atoms with Crippen LogP contribution in [0, 0.1) is 6.67 Å². The van der Waals surface area contributed by atoms with Crippen LogP contribution in [0.3, 0.4) is 0 Å². The van der Waals surface area contributed by atoms with E-state index in [0.29, 0.717) is 6.54 Å². The van der Waals surface area contributed by atoms with Crippen LogP contribution in [0.1, 0.15) is 133 Å². The predicted octanol–water partition coefficient (Wildman–Crippen LogP) is 13.1. The second kappa shape index (κ2) is 20.6. The zero-order valence-corrected chi connectivity index (χ0v) is 49.3. The van der Waals surface area contributed by atoms with Crippen molar-refractivity contribution in [2.45, 2.75) is 111 Å². The number of halogens is 1. The average molecular weight is 1120 g/mol. The Kier molecular flexibility index (Phi) is 14.7. The van der Waals surface area contributed by atoms with E-state index in [2.05, 4.69) is 270 Å². The van der Waals surface area contributed by atoms with Crippen molar-refractivity contribution in [3.8, 4) is 0 Å². The van der Waals surface area contributed by atoms with Crippen LogP contribution in [-0.2, 0) is 44.7 Å². The molecule has 0 fully saturated rings. The molecule has 0 aromatic heterocycles. The van der Waals surface area contributed by atoms with Crippen LogP contribution in [0.2, 0.25) is 0 Å². The largest absolute Gasteiger partial charge is 2.00 e. The molecular formula is C69H69BrN6Ni. The molecule has 0 aliphatic carbocycles. The van der Waals surface area contributed by atoms with Crippen LogP contribution in [0.4, 0.5) is 0 Å². The number of hydrogen-bond donors (Lipinski definition) is 0. The van der Waals surface area contributed by atoms with Crippen LogP contribution in [0.5, 0.6) is 0 Å². The van der Waals surface area contributed by atoms with E-state index in [0.717, 1.165) is 102 Å². The molecule has 0 N–H and O–H groups in total. The Bertz CT molecular complexity index is 3560. The maximum absolute atomic E-state index is 5.98. The van der Waals surface area contributed by atoms with Gasteiger partial charge in [0.25, 0.3) is 0 Å². The summed E-state index contributed by atoms with van der Waals surface area (Å²) in [5.74, 6) is 0. The van der Waals surface area contributed by atoms with Crippen molar-refractivity contribution in [3.63, 3.8) is 0 Å². The summed E-state index contributed by atoms with van der Waals surface area (Å²) in [5.41, 5.74) is 23.1. The monoisotopic (exact) mass is 1120 g/mol. The molecule has 6 nitrogen and oxygen atoms in total. The quantitative estimate of drug-likeness (QED) is 0.126. The molecule has 8 bridgehead atoms. The van der Waals surface area contributed by atoms with E-state index in [9.17, 15) is 0 Å². The molecule has 0 radical (unpaired) electrons. The second-order valence-electron chi connectivity index (χ2n) is 24.8. The van der Waals surface area contributed by atoms with E-state index in [4.69, 9.17) is 20.0 Å². The molecule has 6 aliphatic rings. The zero-order chi connectivity index (χ0) is 52.8. The van der Waals surface area contributed by atoms with Crippen LogP contribution < -0.4 is 17.0 Å². The molecule has 6 aliphatic heterocycles. The molecule has 392 valence electrons. The Morgan fingerprint density at radius 2 is 0.727 bits per heavy atom. The van der Waals surface area contributed by atoms with Gasteiger partial charge in [-0.15, -0.1) is 0 Å². The van der Waals surface area contributed by atoms with E-state index in [1.807, 2.05) is 0 Å². The van der Waals surface area contributed by atoms with E-state index in [1.54, 1.807) is 0 Å². The first-order valence-electron chi connectivity index (χ1n) is 26.5. The van der Waals surface area contributed by atoms with Crippen molar-refractivity contribution in [1.82, 2.24) is 9.80 Å². The second-order valence-corrected chi connectivity index (χ2v) is 24.8. The van der Waals surface area contributed by atoms with Crippen molar-refractivity contribution in [2.24, 2.45) is 20.0 Å². The summed E-state index contributed by atoms with van der Waals surface area (Å²) in [6.45, 7) is 30.1. The van der Waals surface area contributed by atoms with Gasteiger partial charge in [0.15, 0.2) is 0 Å². The number of allylic oxidation sites excluding steroid dienone is 10. The van der Waals surface area contributed by atoms with Gasteiger partial charge in [0, 0.05) is 28.8 Å². The molecule has 5 aromatic rings. The summed E-state index contributed by atoms with van der Waals surface area (Å²) in [5, 5.41) is 0. The summed E-state index contributed by atoms with van der Waals surface area (Å²) in [4.78, 5) is 27.7. The molecular weight excluding hydrogens is 1050 g/mol. The van der Waals surface area contributed by atoms with Crippen LogP contribution in [0.15, 0.2) is 218 Å². The molecule has 8 heteroatoms. The third-order valence-corrected chi connectivity index (χ3v) is 15.1. The van der Waals surface area contributed by atoms with Gasteiger partial charge >= 0.3 is 16.5 Å². The number of fused-ring (bicyclic) bond motifs is 6. The number of hydrogen-bond acceptors (Lipinski definition) is 6. The summed E-state index contributed by atoms with van der Waals surface area (Å²) >= 11 is 0. The van der Waals surface area contributed by atoms with E-state index in [1.165, 1.54) is 27.8 Å². The number of aliphatic imine (C=N–C) groups is 4. The van der Waals surface area contributed by atoms with Gasteiger partial charge in [-0.25, -0.2) is 20.0 Å². The summed E-state index contributed by atoms with van der Waals surface area (Å²) in [7, 11) is 2.15. The molecule has 0 saturated carbocycles. The number of rotatable bonds is 6. The van der Waals surface area contributed by atoms with Gasteiger partial charge in [-0.2, -0.15) is 6.67 Å². The Hall–Kier alpha value is -6.73. The molecule has 0 unspecified atom stereocenters. The Balaban J connectivity index is 0.00000361. The molecule has 0 amide bonds. The van der Waals surface area contributed by atoms with E-state index in [-0.39, 0.29) is 55.1 Å². The molecule has 0 saturated heterocycles. The first-order chi connectivity index (χ1) is 35.6. The first-order valence-corrected chi connectivity index (χ1v) is 26.5. The minimum absolute atomic E-state index is 0. The zero-order valence-electron chi connectivity index (χ0n) is 46.8. The third kappa shape index (κ3) is 10.6. The standard InChI is InChI=1S/C69H69N6.BrH.Ni/c1-66(2,3)48-27-19-44(20-28-48)58-52-35-36-53(70-52)59(45-21-29-49(30-22-45)67(4,5)6)55-38-40-57(72-55)61(47-25-33-51(34-26-47)69(10,11)12)63-65-64(74(13)42-75(65)41-43-17-15-14-16-18-43)62(73-63)60(56-39-37-54(58)71-56)46-23-31-50(32-24-46)68(7,8)9;;/h14-40,42H,41H2,1-13H3;1H;/q-1;;+2/p-1. The summed E-state index contributed by atoms with van der Waals surface area (Å²) in [6.07, 6.45) is 13.1. The van der Waals surface area contributed by atoms with E-state index < -0.39 is 0 Å². The Labute approximate surface area is 478 Å². The Morgan fingerprint density at radius 3 is 1.10 bits per heavy atom. The van der Waals surface area contributed by atoms with Gasteiger partial charge in [0.1, 0.15) is 0 Å². The normalized spacial score (nSPS) is 17.3. The van der Waals surface area contributed by atoms with Crippen molar-refractivity contribution >= 4 is 45.1 Å². The molecule has 0 spiro atoms. The maximum Gasteiger partial charge on any atom is 2.00 e. The van der Waals surface area contributed by atoms with Gasteiger partial charge < -0.3 is 26.8 Å². The molecule has 0 atom stereocenters. The fraction of sp³-hybridized carbons (Fsp3) is 0.261. The van der Waals surface area contributed by atoms with Gasteiger partial charge in [-0.1, -0.05) is 210 Å². The van der Waals surface area contributed by atoms with Crippen molar-refractivity contribution in [2.75, 3.05) is 7.05 Å². The average Bonchev–Trinajstić information content (AvgIpc) is 4.24. The minimum atomic E-state index is -0.0324. The Morgan fingerprint density at radius 1 is 0.390 bits per heavy atom. The molecule has 77 heavy (non-hydrogen) atoms. The fourth-order valence-corrected chi connectivity index (χ4v) is 10.8. The van der Waals surface area contributed by atoms with E-state index >= 15 is 0 Å². The summed E-state index contributed by atoms with van der Waals surface area (Å²) < 4.78 is 0. The van der Waals surface area contributed by atoms with Crippen molar-refractivity contribution in [3.05, 3.63) is 255 Å².